The lowest BCUT2D eigenvalue weighted by Gasteiger charge is -2.20. The van der Waals surface area contributed by atoms with E-state index in [1.165, 1.54) is 98.0 Å². The Morgan fingerprint density at radius 3 is 1.52 bits per heavy atom. The van der Waals surface area contributed by atoms with Crippen LogP contribution in [0.3, 0.4) is 0 Å². The third-order valence-corrected chi connectivity index (χ3v) is 10.2. The number of hydrogen-bond acceptors (Lipinski definition) is 0. The summed E-state index contributed by atoms with van der Waals surface area (Å²) >= 11 is 0. The van der Waals surface area contributed by atoms with E-state index in [1.54, 1.807) is 0 Å². The van der Waals surface area contributed by atoms with Crippen molar-refractivity contribution < 1.29 is 0 Å². The van der Waals surface area contributed by atoms with E-state index in [4.69, 9.17) is 0 Å². The van der Waals surface area contributed by atoms with Crippen molar-refractivity contribution >= 4 is 64.6 Å². The first-order valence-corrected chi connectivity index (χ1v) is 16.7. The monoisotopic (exact) mass is 606 g/mol. The Hall–Kier alpha value is -6.24. The van der Waals surface area contributed by atoms with Crippen LogP contribution in [0.15, 0.2) is 182 Å². The Kier molecular flexibility index (Phi) is 5.98. The summed E-state index contributed by atoms with van der Waals surface area (Å²) < 4.78 is 0. The quantitative estimate of drug-likeness (QED) is 0.139. The van der Waals surface area contributed by atoms with E-state index in [0.29, 0.717) is 0 Å². The van der Waals surface area contributed by atoms with E-state index >= 15 is 0 Å². The smallest absolute Gasteiger partial charge is 0.00201 e. The number of rotatable bonds is 3. The lowest BCUT2D eigenvalue weighted by molar-refractivity contribution is 1.66. The van der Waals surface area contributed by atoms with Crippen LogP contribution in [0.1, 0.15) is 0 Å². The molecule has 0 aliphatic carbocycles. The summed E-state index contributed by atoms with van der Waals surface area (Å²) in [6.45, 7) is 0. The fourth-order valence-corrected chi connectivity index (χ4v) is 7.94. The second-order valence-electron chi connectivity index (χ2n) is 12.9. The molecule has 0 amide bonds. The van der Waals surface area contributed by atoms with Crippen LogP contribution >= 0.6 is 0 Å². The maximum Gasteiger partial charge on any atom is -0.00201 e. The third-order valence-electron chi connectivity index (χ3n) is 10.2. The molecule has 0 aliphatic rings. The largest absolute Gasteiger partial charge is 0.0616 e. The maximum atomic E-state index is 2.43. The fourth-order valence-electron chi connectivity index (χ4n) is 7.94. The van der Waals surface area contributed by atoms with Gasteiger partial charge in [0.05, 0.1) is 0 Å². The standard InChI is InChI=1S/C48H30/c1-2-13-34-28-35(22-20-31(34)10-1)36-24-27-45-46(30-36)47(38-25-26-41-37(29-38)23-21-33-12-4-5-15-39(33)41)43-17-7-8-18-44(43)48(45)42-19-9-14-32-11-3-6-16-40(32)42/h1-30H. The molecule has 0 heterocycles. The zero-order chi connectivity index (χ0) is 31.6. The summed E-state index contributed by atoms with van der Waals surface area (Å²) in [6.07, 6.45) is 0. The molecule has 0 bridgehead atoms. The second kappa shape index (κ2) is 10.7. The highest BCUT2D eigenvalue weighted by molar-refractivity contribution is 6.24. The zero-order valence-corrected chi connectivity index (χ0v) is 26.3. The summed E-state index contributed by atoms with van der Waals surface area (Å²) in [5.74, 6) is 0. The van der Waals surface area contributed by atoms with E-state index in [2.05, 4.69) is 182 Å². The molecule has 222 valence electrons. The number of benzene rings is 10. The van der Waals surface area contributed by atoms with Crippen LogP contribution in [0.5, 0.6) is 0 Å². The molecule has 0 N–H and O–H groups in total. The molecule has 0 unspecified atom stereocenters. The third kappa shape index (κ3) is 4.16. The van der Waals surface area contributed by atoms with Crippen molar-refractivity contribution in [3.63, 3.8) is 0 Å². The Labute approximate surface area is 279 Å². The van der Waals surface area contributed by atoms with E-state index in [1.807, 2.05) is 0 Å². The van der Waals surface area contributed by atoms with E-state index < -0.39 is 0 Å². The van der Waals surface area contributed by atoms with E-state index in [9.17, 15) is 0 Å². The minimum atomic E-state index is 1.22. The van der Waals surface area contributed by atoms with E-state index in [-0.39, 0.29) is 0 Å². The average Bonchev–Trinajstić information content (AvgIpc) is 3.16. The molecule has 0 radical (unpaired) electrons. The predicted octanol–water partition coefficient (Wildman–Crippen LogP) is 13.6. The molecule has 0 atom stereocenters. The van der Waals surface area contributed by atoms with Gasteiger partial charge in [-0.2, -0.15) is 0 Å². The topological polar surface area (TPSA) is 0 Å². The number of fused-ring (bicyclic) bond motifs is 7. The molecule has 0 saturated heterocycles. The first-order valence-electron chi connectivity index (χ1n) is 16.7. The minimum Gasteiger partial charge on any atom is -0.0616 e. The van der Waals surface area contributed by atoms with Crippen LogP contribution in [0.4, 0.5) is 0 Å². The normalized spacial score (nSPS) is 11.8. The Morgan fingerprint density at radius 2 is 0.688 bits per heavy atom. The Morgan fingerprint density at radius 1 is 0.208 bits per heavy atom. The Balaban J connectivity index is 1.32. The van der Waals surface area contributed by atoms with Gasteiger partial charge in [-0.1, -0.05) is 164 Å². The van der Waals surface area contributed by atoms with Gasteiger partial charge < -0.3 is 0 Å². The van der Waals surface area contributed by atoms with Gasteiger partial charge >= 0.3 is 0 Å². The lowest BCUT2D eigenvalue weighted by atomic mass is 9.83. The summed E-state index contributed by atoms with van der Waals surface area (Å²) in [5, 5.41) is 15.2. The fraction of sp³-hybridized carbons (Fsp3) is 0. The van der Waals surface area contributed by atoms with Crippen LogP contribution in [-0.4, -0.2) is 0 Å². The predicted molar refractivity (Wildman–Crippen MR) is 208 cm³/mol. The van der Waals surface area contributed by atoms with Crippen LogP contribution in [0.2, 0.25) is 0 Å². The molecule has 0 aliphatic heterocycles. The first kappa shape index (κ1) is 26.9. The molecule has 0 fully saturated rings. The average molecular weight is 607 g/mol. The highest BCUT2D eigenvalue weighted by Gasteiger charge is 2.19. The maximum absolute atomic E-state index is 2.43. The van der Waals surface area contributed by atoms with Gasteiger partial charge in [-0.25, -0.2) is 0 Å². The molecule has 0 aromatic heterocycles. The van der Waals surface area contributed by atoms with Gasteiger partial charge in [0.1, 0.15) is 0 Å². The molecule has 0 spiro atoms. The van der Waals surface area contributed by atoms with Crippen molar-refractivity contribution in [3.05, 3.63) is 182 Å². The van der Waals surface area contributed by atoms with Crippen LogP contribution < -0.4 is 0 Å². The number of hydrogen-bond donors (Lipinski definition) is 0. The van der Waals surface area contributed by atoms with Gasteiger partial charge in [-0.3, -0.25) is 0 Å². The molecule has 10 aromatic carbocycles. The van der Waals surface area contributed by atoms with Crippen molar-refractivity contribution in [1.29, 1.82) is 0 Å². The van der Waals surface area contributed by atoms with Gasteiger partial charge in [0.15, 0.2) is 0 Å². The van der Waals surface area contributed by atoms with Gasteiger partial charge in [0.25, 0.3) is 0 Å². The van der Waals surface area contributed by atoms with Gasteiger partial charge in [-0.15, -0.1) is 0 Å². The van der Waals surface area contributed by atoms with Crippen molar-refractivity contribution in [1.82, 2.24) is 0 Å². The van der Waals surface area contributed by atoms with Gasteiger partial charge in [0, 0.05) is 0 Å². The summed E-state index contributed by atoms with van der Waals surface area (Å²) in [6, 6.07) is 67.3. The van der Waals surface area contributed by atoms with Crippen LogP contribution in [0, 0.1) is 0 Å². The summed E-state index contributed by atoms with van der Waals surface area (Å²) in [4.78, 5) is 0. The van der Waals surface area contributed by atoms with Gasteiger partial charge in [0.2, 0.25) is 0 Å². The molecule has 10 aromatic rings. The highest BCUT2D eigenvalue weighted by Crippen LogP contribution is 2.47. The van der Waals surface area contributed by atoms with Crippen molar-refractivity contribution in [2.24, 2.45) is 0 Å². The minimum absolute atomic E-state index is 1.22. The molecule has 0 nitrogen and oxygen atoms in total. The van der Waals surface area contributed by atoms with E-state index in [0.717, 1.165) is 0 Å². The molecular weight excluding hydrogens is 577 g/mol. The summed E-state index contributed by atoms with van der Waals surface area (Å²) in [7, 11) is 0. The lowest BCUT2D eigenvalue weighted by Crippen LogP contribution is -1.93. The van der Waals surface area contributed by atoms with Crippen molar-refractivity contribution in [2.75, 3.05) is 0 Å². The van der Waals surface area contributed by atoms with Crippen LogP contribution in [0.25, 0.3) is 98.0 Å². The molecule has 0 heteroatoms. The first-order chi connectivity index (χ1) is 23.8. The Bertz CT molecular complexity index is 2890. The highest BCUT2D eigenvalue weighted by atomic mass is 14.2. The van der Waals surface area contributed by atoms with Crippen molar-refractivity contribution in [2.45, 2.75) is 0 Å². The summed E-state index contributed by atoms with van der Waals surface area (Å²) in [5.41, 5.74) is 7.52. The van der Waals surface area contributed by atoms with Crippen LogP contribution in [-0.2, 0) is 0 Å². The molecule has 0 saturated carbocycles. The zero-order valence-electron chi connectivity index (χ0n) is 26.3. The second-order valence-corrected chi connectivity index (χ2v) is 12.9. The molecular formula is C48H30. The SMILES string of the molecule is c1ccc2cc(-c3ccc4c(-c5cccc6ccccc56)c5ccccc5c(-c5ccc6c(ccc7ccccc76)c5)c4c3)ccc2c1. The molecule has 48 heavy (non-hydrogen) atoms. The van der Waals surface area contributed by atoms with Gasteiger partial charge in [-0.05, 0) is 116 Å². The van der Waals surface area contributed by atoms with Crippen molar-refractivity contribution in [3.8, 4) is 33.4 Å². The molecule has 10 rings (SSSR count).